The van der Waals surface area contributed by atoms with Gasteiger partial charge in [-0.3, -0.25) is 9.10 Å². The molecule has 7 heteroatoms. The van der Waals surface area contributed by atoms with Crippen molar-refractivity contribution in [2.45, 2.75) is 12.8 Å². The van der Waals surface area contributed by atoms with E-state index in [1.165, 1.54) is 11.3 Å². The third kappa shape index (κ3) is 5.01. The molecule has 6 nitrogen and oxygen atoms in total. The second kappa shape index (κ2) is 8.43. The molecule has 2 aromatic carbocycles. The lowest BCUT2D eigenvalue weighted by Gasteiger charge is -2.22. The van der Waals surface area contributed by atoms with Gasteiger partial charge in [0, 0.05) is 25.3 Å². The van der Waals surface area contributed by atoms with E-state index in [1.807, 2.05) is 6.07 Å². The maximum atomic E-state index is 12.2. The Morgan fingerprint density at radius 1 is 1.11 bits per heavy atom. The summed E-state index contributed by atoms with van der Waals surface area (Å²) in [7, 11) is -3.53. The van der Waals surface area contributed by atoms with Crippen molar-refractivity contribution in [2.75, 3.05) is 41.6 Å². The van der Waals surface area contributed by atoms with Crippen LogP contribution in [0, 0.1) is 0 Å². The van der Waals surface area contributed by atoms with E-state index in [1.54, 1.807) is 30.3 Å². The lowest BCUT2D eigenvalue weighted by molar-refractivity contribution is -0.119. The number of nitrogens with zero attached hydrogens (tertiary/aromatic N) is 2. The maximum absolute atomic E-state index is 12.2. The predicted octanol–water partition coefficient (Wildman–Crippen LogP) is 2.02. The van der Waals surface area contributed by atoms with E-state index in [2.05, 4.69) is 28.4 Å². The average Bonchev–Trinajstić information content (AvgIpc) is 3.06. The number of carbonyl (C=O) groups is 1. The highest BCUT2D eigenvalue weighted by atomic mass is 32.2. The van der Waals surface area contributed by atoms with Crippen molar-refractivity contribution < 1.29 is 13.2 Å². The monoisotopic (exact) mass is 387 g/mol. The van der Waals surface area contributed by atoms with Gasteiger partial charge < -0.3 is 10.2 Å². The molecule has 144 valence electrons. The molecule has 0 aromatic heterocycles. The summed E-state index contributed by atoms with van der Waals surface area (Å²) in [6.07, 6.45) is 2.98. The van der Waals surface area contributed by atoms with Crippen LogP contribution >= 0.6 is 0 Å². The molecule has 0 atom stereocenters. The average molecular weight is 388 g/mol. The Balaban J connectivity index is 1.48. The van der Waals surface area contributed by atoms with Crippen molar-refractivity contribution in [1.29, 1.82) is 0 Å². The second-order valence-electron chi connectivity index (χ2n) is 6.67. The molecule has 0 fully saturated rings. The quantitative estimate of drug-likeness (QED) is 0.704. The Bertz CT molecular complexity index is 884. The van der Waals surface area contributed by atoms with Crippen molar-refractivity contribution in [3.63, 3.8) is 0 Å². The largest absolute Gasteiger partial charge is 0.371 e. The van der Waals surface area contributed by atoms with Crippen molar-refractivity contribution in [2.24, 2.45) is 0 Å². The molecule has 1 heterocycles. The first-order valence-electron chi connectivity index (χ1n) is 9.07. The molecule has 0 bridgehead atoms. The van der Waals surface area contributed by atoms with Crippen LogP contribution in [0.3, 0.4) is 0 Å². The van der Waals surface area contributed by atoms with Gasteiger partial charge in [0.05, 0.1) is 11.9 Å². The molecular formula is C20H25N3O3S. The molecule has 1 N–H and O–H groups in total. The summed E-state index contributed by atoms with van der Waals surface area (Å²) >= 11 is 0. The van der Waals surface area contributed by atoms with Gasteiger partial charge in [0.2, 0.25) is 15.9 Å². The number of amides is 1. The second-order valence-corrected chi connectivity index (χ2v) is 8.58. The van der Waals surface area contributed by atoms with E-state index in [4.69, 9.17) is 0 Å². The topological polar surface area (TPSA) is 69.7 Å². The van der Waals surface area contributed by atoms with E-state index in [0.717, 1.165) is 36.5 Å². The Labute approximate surface area is 160 Å². The molecule has 0 unspecified atom stereocenters. The predicted molar refractivity (Wildman–Crippen MR) is 109 cm³/mol. The van der Waals surface area contributed by atoms with Gasteiger partial charge in [0.1, 0.15) is 6.54 Å². The van der Waals surface area contributed by atoms with E-state index in [9.17, 15) is 13.2 Å². The van der Waals surface area contributed by atoms with Crippen LogP contribution in [0.2, 0.25) is 0 Å². The number of rotatable bonds is 8. The molecule has 1 aliphatic rings. The minimum atomic E-state index is -3.53. The van der Waals surface area contributed by atoms with Crippen LogP contribution in [0.5, 0.6) is 0 Å². The van der Waals surface area contributed by atoms with Crippen LogP contribution in [0.15, 0.2) is 54.6 Å². The zero-order valence-electron chi connectivity index (χ0n) is 15.5. The SMILES string of the molecule is CS(=O)(=O)N(CC(=O)NCCCN1CCc2ccccc21)c1ccccc1. The molecule has 0 radical (unpaired) electrons. The van der Waals surface area contributed by atoms with Gasteiger partial charge in [0.15, 0.2) is 0 Å². The molecular weight excluding hydrogens is 362 g/mol. The number of benzene rings is 2. The fourth-order valence-corrected chi connectivity index (χ4v) is 4.17. The van der Waals surface area contributed by atoms with Crippen LogP contribution < -0.4 is 14.5 Å². The summed E-state index contributed by atoms with van der Waals surface area (Å²) in [5.41, 5.74) is 3.13. The highest BCUT2D eigenvalue weighted by molar-refractivity contribution is 7.92. The number of fused-ring (bicyclic) bond motifs is 1. The molecule has 0 saturated carbocycles. The minimum absolute atomic E-state index is 0.213. The molecule has 0 saturated heterocycles. The molecule has 1 amide bonds. The minimum Gasteiger partial charge on any atom is -0.371 e. The smallest absolute Gasteiger partial charge is 0.240 e. The molecule has 3 rings (SSSR count). The maximum Gasteiger partial charge on any atom is 0.240 e. The third-order valence-corrected chi connectivity index (χ3v) is 5.78. The number of para-hydroxylation sites is 2. The highest BCUT2D eigenvalue weighted by Gasteiger charge is 2.21. The van der Waals surface area contributed by atoms with Crippen molar-refractivity contribution in [3.05, 3.63) is 60.2 Å². The van der Waals surface area contributed by atoms with Gasteiger partial charge in [-0.15, -0.1) is 0 Å². The number of anilines is 2. The highest BCUT2D eigenvalue weighted by Crippen LogP contribution is 2.27. The Morgan fingerprint density at radius 3 is 2.56 bits per heavy atom. The van der Waals surface area contributed by atoms with E-state index in [-0.39, 0.29) is 12.5 Å². The number of nitrogens with one attached hydrogen (secondary N) is 1. The zero-order valence-corrected chi connectivity index (χ0v) is 16.3. The zero-order chi connectivity index (χ0) is 19.3. The lowest BCUT2D eigenvalue weighted by Crippen LogP contribution is -2.41. The molecule has 0 aliphatic carbocycles. The van der Waals surface area contributed by atoms with E-state index >= 15 is 0 Å². The molecule has 1 aliphatic heterocycles. The first-order valence-corrected chi connectivity index (χ1v) is 10.9. The number of sulfonamides is 1. The van der Waals surface area contributed by atoms with E-state index in [0.29, 0.717) is 12.2 Å². The van der Waals surface area contributed by atoms with Gasteiger partial charge >= 0.3 is 0 Å². The van der Waals surface area contributed by atoms with Crippen LogP contribution in [0.4, 0.5) is 11.4 Å². The molecule has 27 heavy (non-hydrogen) atoms. The van der Waals surface area contributed by atoms with E-state index < -0.39 is 10.0 Å². The summed E-state index contributed by atoms with van der Waals surface area (Å²) in [6.45, 7) is 2.17. The van der Waals surface area contributed by atoms with Gasteiger partial charge in [-0.2, -0.15) is 0 Å². The molecule has 0 spiro atoms. The Morgan fingerprint density at radius 2 is 1.81 bits per heavy atom. The lowest BCUT2D eigenvalue weighted by atomic mass is 10.2. The summed E-state index contributed by atoms with van der Waals surface area (Å²) in [4.78, 5) is 14.6. The number of carbonyl (C=O) groups excluding carboxylic acids is 1. The van der Waals surface area contributed by atoms with Crippen LogP contribution in [0.25, 0.3) is 0 Å². The fraction of sp³-hybridized carbons (Fsp3) is 0.350. The summed E-state index contributed by atoms with van der Waals surface area (Å²) in [5, 5.41) is 2.83. The first kappa shape index (κ1) is 19.2. The van der Waals surface area contributed by atoms with Gasteiger partial charge in [-0.05, 0) is 36.6 Å². The van der Waals surface area contributed by atoms with Crippen LogP contribution in [-0.4, -0.2) is 46.8 Å². The Kier molecular flexibility index (Phi) is 6.01. The third-order valence-electron chi connectivity index (χ3n) is 4.64. The summed E-state index contributed by atoms with van der Waals surface area (Å²) in [6, 6.07) is 17.0. The normalized spacial score (nSPS) is 13.3. The first-order chi connectivity index (χ1) is 12.9. The van der Waals surface area contributed by atoms with Gasteiger partial charge in [-0.1, -0.05) is 36.4 Å². The van der Waals surface area contributed by atoms with Gasteiger partial charge in [-0.25, -0.2) is 8.42 Å². The molecule has 2 aromatic rings. The van der Waals surface area contributed by atoms with Gasteiger partial charge in [0.25, 0.3) is 0 Å². The van der Waals surface area contributed by atoms with Crippen molar-refractivity contribution in [1.82, 2.24) is 5.32 Å². The number of hydrogen-bond acceptors (Lipinski definition) is 4. The summed E-state index contributed by atoms with van der Waals surface area (Å²) < 4.78 is 25.2. The van der Waals surface area contributed by atoms with Crippen LogP contribution in [-0.2, 0) is 21.2 Å². The van der Waals surface area contributed by atoms with Crippen molar-refractivity contribution in [3.8, 4) is 0 Å². The summed E-state index contributed by atoms with van der Waals surface area (Å²) in [5.74, 6) is -0.300. The van der Waals surface area contributed by atoms with Crippen LogP contribution in [0.1, 0.15) is 12.0 Å². The number of hydrogen-bond donors (Lipinski definition) is 1. The fourth-order valence-electron chi connectivity index (χ4n) is 3.32. The Hall–Kier alpha value is -2.54. The standard InChI is InChI=1S/C20H25N3O3S/c1-27(25,26)23(18-9-3-2-4-10-18)16-20(24)21-13-7-14-22-15-12-17-8-5-6-11-19(17)22/h2-6,8-11H,7,12-16H2,1H3,(H,21,24). The van der Waals surface area contributed by atoms with Crippen molar-refractivity contribution >= 4 is 27.3 Å².